The molecule has 0 radical (unpaired) electrons. The van der Waals surface area contributed by atoms with Crippen LogP contribution < -0.4 is 14.2 Å². The molecule has 0 atom stereocenters. The predicted molar refractivity (Wildman–Crippen MR) is 141 cm³/mol. The van der Waals surface area contributed by atoms with Crippen LogP contribution in [0.4, 0.5) is 0 Å². The van der Waals surface area contributed by atoms with Crippen LogP contribution in [0.5, 0.6) is 17.2 Å². The molecule has 38 heavy (non-hydrogen) atoms. The molecule has 0 aliphatic heterocycles. The Labute approximate surface area is 220 Å². The Morgan fingerprint density at radius 3 is 2.47 bits per heavy atom. The summed E-state index contributed by atoms with van der Waals surface area (Å²) in [6, 6.07) is 13.8. The van der Waals surface area contributed by atoms with Crippen molar-refractivity contribution >= 4 is 5.65 Å². The first-order valence-electron chi connectivity index (χ1n) is 12.8. The number of aromatic nitrogens is 7. The SMILES string of the molecule is COc1ccc(OC)c(COc2ccc(-c3cnc4c(-c5nn[nH]n5)cnn4c3C3CCCCC3)cc2)c1. The topological polar surface area (TPSA) is 112 Å². The number of benzene rings is 2. The molecule has 2 aromatic carbocycles. The van der Waals surface area contributed by atoms with Crippen molar-refractivity contribution in [3.05, 3.63) is 66.1 Å². The minimum absolute atomic E-state index is 0.368. The quantitative estimate of drug-likeness (QED) is 0.302. The fraction of sp³-hybridized carbons (Fsp3) is 0.321. The van der Waals surface area contributed by atoms with Crippen molar-refractivity contribution in [1.29, 1.82) is 0 Å². The fourth-order valence-corrected chi connectivity index (χ4v) is 5.26. The molecule has 0 bridgehead atoms. The first-order chi connectivity index (χ1) is 18.7. The average Bonchev–Trinajstić information content (AvgIpc) is 3.66. The molecule has 1 aliphatic carbocycles. The maximum Gasteiger partial charge on any atom is 0.210 e. The normalized spacial score (nSPS) is 14.1. The zero-order valence-electron chi connectivity index (χ0n) is 21.4. The monoisotopic (exact) mass is 511 g/mol. The zero-order chi connectivity index (χ0) is 25.9. The summed E-state index contributed by atoms with van der Waals surface area (Å²) in [6.45, 7) is 0.368. The largest absolute Gasteiger partial charge is 0.497 e. The minimum Gasteiger partial charge on any atom is -0.497 e. The van der Waals surface area contributed by atoms with Crippen molar-refractivity contribution in [3.63, 3.8) is 0 Å². The van der Waals surface area contributed by atoms with Gasteiger partial charge in [-0.15, -0.1) is 10.2 Å². The number of hydrogen-bond acceptors (Lipinski definition) is 8. The van der Waals surface area contributed by atoms with E-state index in [1.807, 2.05) is 41.0 Å². The smallest absolute Gasteiger partial charge is 0.210 e. The van der Waals surface area contributed by atoms with Gasteiger partial charge in [0.1, 0.15) is 23.9 Å². The molecular formula is C28H29N7O3. The van der Waals surface area contributed by atoms with Crippen molar-refractivity contribution in [2.45, 2.75) is 44.6 Å². The molecule has 0 saturated heterocycles. The van der Waals surface area contributed by atoms with Crippen LogP contribution in [-0.4, -0.2) is 49.4 Å². The summed E-state index contributed by atoms with van der Waals surface area (Å²) < 4.78 is 18.9. The molecule has 1 N–H and O–H groups in total. The number of methoxy groups -OCH3 is 2. The van der Waals surface area contributed by atoms with E-state index >= 15 is 0 Å². The molecule has 1 aliphatic rings. The highest BCUT2D eigenvalue weighted by Crippen LogP contribution is 2.39. The number of rotatable bonds is 8. The first kappa shape index (κ1) is 23.9. The average molecular weight is 512 g/mol. The predicted octanol–water partition coefficient (Wildman–Crippen LogP) is 5.22. The van der Waals surface area contributed by atoms with E-state index in [-0.39, 0.29) is 0 Å². The van der Waals surface area contributed by atoms with Gasteiger partial charge in [-0.25, -0.2) is 9.50 Å². The van der Waals surface area contributed by atoms with E-state index in [1.165, 1.54) is 25.0 Å². The second kappa shape index (κ2) is 10.5. The second-order valence-electron chi connectivity index (χ2n) is 9.41. The van der Waals surface area contributed by atoms with E-state index in [0.29, 0.717) is 18.3 Å². The maximum absolute atomic E-state index is 6.09. The Morgan fingerprint density at radius 1 is 0.921 bits per heavy atom. The lowest BCUT2D eigenvalue weighted by Gasteiger charge is -2.25. The Hall–Kier alpha value is -4.47. The summed E-state index contributed by atoms with van der Waals surface area (Å²) >= 11 is 0. The molecule has 1 fully saturated rings. The number of aromatic amines is 1. The van der Waals surface area contributed by atoms with Crippen LogP contribution in [-0.2, 0) is 6.61 Å². The van der Waals surface area contributed by atoms with Crippen molar-refractivity contribution < 1.29 is 14.2 Å². The minimum atomic E-state index is 0.368. The van der Waals surface area contributed by atoms with Gasteiger partial charge in [-0.1, -0.05) is 31.4 Å². The van der Waals surface area contributed by atoms with Crippen molar-refractivity contribution in [3.8, 4) is 39.8 Å². The number of H-pyrrole nitrogens is 1. The molecule has 10 heteroatoms. The Morgan fingerprint density at radius 2 is 1.74 bits per heavy atom. The van der Waals surface area contributed by atoms with Gasteiger partial charge < -0.3 is 14.2 Å². The maximum atomic E-state index is 6.09. The van der Waals surface area contributed by atoms with Gasteiger partial charge in [0.25, 0.3) is 0 Å². The van der Waals surface area contributed by atoms with Gasteiger partial charge in [-0.3, -0.25) is 0 Å². The lowest BCUT2D eigenvalue weighted by molar-refractivity contribution is 0.295. The van der Waals surface area contributed by atoms with Crippen LogP contribution in [0, 0.1) is 0 Å². The van der Waals surface area contributed by atoms with Crippen LogP contribution in [0.3, 0.4) is 0 Å². The number of hydrogen-bond donors (Lipinski definition) is 1. The molecule has 5 aromatic rings. The number of nitrogens with zero attached hydrogens (tertiary/aromatic N) is 6. The van der Waals surface area contributed by atoms with E-state index in [1.54, 1.807) is 20.4 Å². The molecule has 194 valence electrons. The van der Waals surface area contributed by atoms with Crippen LogP contribution >= 0.6 is 0 Å². The van der Waals surface area contributed by atoms with E-state index in [2.05, 4.69) is 32.8 Å². The molecule has 0 amide bonds. The van der Waals surface area contributed by atoms with Crippen molar-refractivity contribution in [2.24, 2.45) is 0 Å². The van der Waals surface area contributed by atoms with Gasteiger partial charge in [-0.05, 0) is 54.0 Å². The second-order valence-corrected chi connectivity index (χ2v) is 9.41. The molecule has 6 rings (SSSR count). The number of ether oxygens (including phenoxy) is 3. The summed E-state index contributed by atoms with van der Waals surface area (Å²) in [5.74, 6) is 3.19. The fourth-order valence-electron chi connectivity index (χ4n) is 5.26. The molecule has 3 aromatic heterocycles. The van der Waals surface area contributed by atoms with E-state index in [9.17, 15) is 0 Å². The number of fused-ring (bicyclic) bond motifs is 1. The Balaban J connectivity index is 1.32. The summed E-state index contributed by atoms with van der Waals surface area (Å²) in [7, 11) is 3.30. The highest BCUT2D eigenvalue weighted by Gasteiger charge is 2.25. The van der Waals surface area contributed by atoms with Crippen molar-refractivity contribution in [1.82, 2.24) is 35.2 Å². The van der Waals surface area contributed by atoms with E-state index in [4.69, 9.17) is 24.3 Å². The third-order valence-corrected chi connectivity index (χ3v) is 7.19. The lowest BCUT2D eigenvalue weighted by Crippen LogP contribution is -2.12. The van der Waals surface area contributed by atoms with Gasteiger partial charge in [0.2, 0.25) is 5.82 Å². The van der Waals surface area contributed by atoms with Gasteiger partial charge >= 0.3 is 0 Å². The third kappa shape index (κ3) is 4.53. The van der Waals surface area contributed by atoms with Crippen LogP contribution in [0.15, 0.2) is 54.9 Å². The highest BCUT2D eigenvalue weighted by atomic mass is 16.5. The molecule has 0 spiro atoms. The highest BCUT2D eigenvalue weighted by molar-refractivity contribution is 5.75. The summed E-state index contributed by atoms with van der Waals surface area (Å²) in [6.07, 6.45) is 9.69. The van der Waals surface area contributed by atoms with Gasteiger partial charge in [0.05, 0.1) is 31.7 Å². The molecule has 3 heterocycles. The summed E-state index contributed by atoms with van der Waals surface area (Å²) in [5.41, 5.74) is 5.75. The molecular weight excluding hydrogens is 482 g/mol. The number of nitrogens with one attached hydrogen (secondary N) is 1. The first-order valence-corrected chi connectivity index (χ1v) is 12.8. The lowest BCUT2D eigenvalue weighted by atomic mass is 9.84. The Bertz CT molecular complexity index is 1520. The van der Waals surface area contributed by atoms with E-state index in [0.717, 1.165) is 58.0 Å². The molecule has 0 unspecified atom stereocenters. The molecule has 1 saturated carbocycles. The standard InChI is InChI=1S/C28H29N7O3/c1-36-22-12-13-25(37-2)20(14-22)17-38-21-10-8-18(9-11-21)23-15-29-28-24(27-31-33-34-32-27)16-30-35(28)26(23)19-6-4-3-5-7-19/h8-16,19H,3-7,17H2,1-2H3,(H,31,32,33,34). The Kier molecular flexibility index (Phi) is 6.60. The number of tetrazole rings is 1. The van der Waals surface area contributed by atoms with Crippen LogP contribution in [0.2, 0.25) is 0 Å². The van der Waals surface area contributed by atoms with Gasteiger partial charge in [-0.2, -0.15) is 10.3 Å². The molecule has 10 nitrogen and oxygen atoms in total. The zero-order valence-corrected chi connectivity index (χ0v) is 21.4. The van der Waals surface area contributed by atoms with Crippen LogP contribution in [0.1, 0.15) is 49.3 Å². The van der Waals surface area contributed by atoms with Crippen LogP contribution in [0.25, 0.3) is 28.2 Å². The van der Waals surface area contributed by atoms with Gasteiger partial charge in [0, 0.05) is 23.2 Å². The summed E-state index contributed by atoms with van der Waals surface area (Å²) in [4.78, 5) is 4.78. The third-order valence-electron chi connectivity index (χ3n) is 7.19. The van der Waals surface area contributed by atoms with Crippen molar-refractivity contribution in [2.75, 3.05) is 14.2 Å². The van der Waals surface area contributed by atoms with E-state index < -0.39 is 0 Å². The van der Waals surface area contributed by atoms with Gasteiger partial charge in [0.15, 0.2) is 5.65 Å². The summed E-state index contributed by atoms with van der Waals surface area (Å²) in [5, 5.41) is 19.2.